The lowest BCUT2D eigenvalue weighted by Crippen LogP contribution is -2.63. The number of aryl methyl sites for hydroxylation is 2. The van der Waals surface area contributed by atoms with Crippen LogP contribution in [0.5, 0.6) is 0 Å². The second-order valence-electron chi connectivity index (χ2n) is 24.9. The smallest absolute Gasteiger partial charge is 0.305 e. The fourth-order valence-corrected chi connectivity index (χ4v) is 10.9. The highest BCUT2D eigenvalue weighted by Crippen LogP contribution is 2.26. The van der Waals surface area contributed by atoms with E-state index < -0.39 is 188 Å². The zero-order chi connectivity index (χ0) is 77.2. The summed E-state index contributed by atoms with van der Waals surface area (Å²) in [6, 6.07) is 16.9. The summed E-state index contributed by atoms with van der Waals surface area (Å²) in [6.45, 7) is 4.89. The number of nitrogens with two attached hydrogens (primary N) is 2. The molecule has 0 aliphatic carbocycles. The van der Waals surface area contributed by atoms with Crippen LogP contribution in [-0.4, -0.2) is 198 Å². The van der Waals surface area contributed by atoms with Crippen LogP contribution in [0, 0.1) is 12.7 Å². The van der Waals surface area contributed by atoms with Gasteiger partial charge in [-0.2, -0.15) is 0 Å². The first-order valence-electron chi connectivity index (χ1n) is 33.3. The molecular formula is C72H87FN14O18. The Kier molecular flexibility index (Phi) is 31.0. The molecule has 0 saturated carbocycles. The van der Waals surface area contributed by atoms with E-state index in [2.05, 4.69) is 63.1 Å². The minimum atomic E-state index is -2.11. The number of primary amides is 1. The summed E-state index contributed by atoms with van der Waals surface area (Å²) in [6.07, 6.45) is -3.46. The van der Waals surface area contributed by atoms with Gasteiger partial charge >= 0.3 is 11.9 Å². The quantitative estimate of drug-likeness (QED) is 0.0199. The number of benzene rings is 5. The summed E-state index contributed by atoms with van der Waals surface area (Å²) in [5.74, 6) is -17.1. The number of halogens is 1. The fourth-order valence-electron chi connectivity index (χ4n) is 10.9. The molecule has 0 bridgehead atoms. The molecule has 0 fully saturated rings. The minimum absolute atomic E-state index is 0.00783. The van der Waals surface area contributed by atoms with Gasteiger partial charge in [0.15, 0.2) is 0 Å². The van der Waals surface area contributed by atoms with Gasteiger partial charge in [-0.3, -0.25) is 62.3 Å². The molecule has 32 nitrogen and oxygen atoms in total. The Bertz CT molecular complexity index is 4070. The van der Waals surface area contributed by atoms with Gasteiger partial charge in [-0.1, -0.05) is 122 Å². The maximum atomic E-state index is 15.3. The Hall–Kier alpha value is -11.8. The number of carbonyl (C=O) groups excluding carboxylic acids is 11. The second kappa shape index (κ2) is 39.6. The number of imidazole rings is 1. The van der Waals surface area contributed by atoms with Gasteiger partial charge in [0.1, 0.15) is 60.2 Å². The van der Waals surface area contributed by atoms with Crippen LogP contribution >= 0.6 is 0 Å². The first-order valence-corrected chi connectivity index (χ1v) is 33.3. The van der Waals surface area contributed by atoms with Gasteiger partial charge in [0.2, 0.25) is 65.0 Å². The van der Waals surface area contributed by atoms with Gasteiger partial charge in [-0.25, -0.2) is 9.37 Å². The Labute approximate surface area is 602 Å². The van der Waals surface area contributed by atoms with E-state index in [1.165, 1.54) is 37.6 Å². The number of carbonyl (C=O) groups is 13. The van der Waals surface area contributed by atoms with E-state index >= 15 is 4.39 Å². The van der Waals surface area contributed by atoms with Crippen LogP contribution in [-0.2, 0) is 94.4 Å². The molecular weight excluding hydrogens is 1370 g/mol. The van der Waals surface area contributed by atoms with Crippen LogP contribution in [0.2, 0.25) is 0 Å². The van der Waals surface area contributed by atoms with Crippen molar-refractivity contribution in [3.63, 3.8) is 0 Å². The van der Waals surface area contributed by atoms with Crippen LogP contribution in [0.15, 0.2) is 134 Å². The van der Waals surface area contributed by atoms with E-state index in [4.69, 9.17) is 11.5 Å². The first-order chi connectivity index (χ1) is 49.8. The molecule has 1 aromatic heterocycles. The molecule has 0 radical (unpaired) electrons. The fraction of sp³-hybridized carbons (Fsp3) is 0.361. The number of nitrogens with zero attached hydrogens (tertiary/aromatic N) is 1. The molecule has 0 aliphatic heterocycles. The Morgan fingerprint density at radius 2 is 0.952 bits per heavy atom. The highest BCUT2D eigenvalue weighted by atomic mass is 19.1. The van der Waals surface area contributed by atoms with Crippen molar-refractivity contribution in [2.24, 2.45) is 11.5 Å². The molecule has 6 aromatic rings. The van der Waals surface area contributed by atoms with Crippen molar-refractivity contribution < 1.29 is 92.3 Å². The predicted molar refractivity (Wildman–Crippen MR) is 376 cm³/mol. The van der Waals surface area contributed by atoms with Gasteiger partial charge < -0.3 is 95.2 Å². The molecule has 0 unspecified atom stereocenters. The molecule has 6 rings (SSSR count). The summed E-state index contributed by atoms with van der Waals surface area (Å²) >= 11 is 0. The highest BCUT2D eigenvalue weighted by molar-refractivity contribution is 6.00. The number of aliphatic hydroxyl groups excluding tert-OH is 3. The van der Waals surface area contributed by atoms with E-state index in [-0.39, 0.29) is 24.8 Å². The lowest BCUT2D eigenvalue weighted by Gasteiger charge is -2.28. The van der Waals surface area contributed by atoms with E-state index in [0.29, 0.717) is 16.8 Å². The standard InChI is InChI=1S/C72H87FN14O18/c1-6-43-14-8-11-17-49(43)45-25-21-42(22-26-45)28-53(67(100)80-52(63(75)96)27-41-19-23-44(24-20-41)48-16-10-7-13-37(48)2)82-68(101)56(32-60(94)95)83-70(103)57(35-88)85-72(105)62(40(5)90)87-69(102)54(29-46-15-9-12-18-50(46)73)84-71(104)61(39(4)89)86-58(91)34-77-66(99)55(31-59(92)93)81-64(97)38(3)79-65(98)51(74)30-47-33-76-36-78-47/h7-26,33,36,38-40,51-57,61-62,88-90H,6,27-32,34-35,74H2,1-5H3,(H2,75,96)(H,76,78)(H,77,99)(H,79,98)(H,80,100)(H,81,97)(H,82,101)(H,83,103)(H,84,104)(H,85,105)(H,86,91)(H,87,102)(H,92,93)(H,94,95)/t38-,39+,40+,51-,52-,53-,54-,55-,56-,57-,61-,62-/m0/s1. The molecule has 33 heteroatoms. The number of aromatic nitrogens is 2. The maximum absolute atomic E-state index is 15.3. The SMILES string of the molecule is CCc1ccccc1-c1ccc(C[C@H](NC(=O)[C@H](CC(=O)O)NC(=O)[C@H](CO)NC(=O)[C@@H](NC(=O)[C@H](Cc2ccccc2F)NC(=O)[C@@H](NC(=O)CNC(=O)[C@H](CC(=O)O)NC(=O)[C@H](C)NC(=O)[C@@H](N)Cc2cnc[nH]2)[C@@H](C)O)[C@@H](C)O)C(=O)N[C@@H](Cc2ccc(-c3ccccc3C)cc2)C(N)=O)cc1. The zero-order valence-corrected chi connectivity index (χ0v) is 58.0. The largest absolute Gasteiger partial charge is 0.481 e. The van der Waals surface area contributed by atoms with Gasteiger partial charge in [-0.05, 0) is 90.3 Å². The second-order valence-corrected chi connectivity index (χ2v) is 24.9. The molecule has 5 aromatic carbocycles. The summed E-state index contributed by atoms with van der Waals surface area (Å²) in [5.41, 5.74) is 18.8. The molecule has 0 saturated heterocycles. The zero-order valence-electron chi connectivity index (χ0n) is 58.0. The van der Waals surface area contributed by atoms with Crippen molar-refractivity contribution in [1.82, 2.24) is 63.1 Å². The Morgan fingerprint density at radius 1 is 0.495 bits per heavy atom. The van der Waals surface area contributed by atoms with Crippen LogP contribution in [0.4, 0.5) is 4.39 Å². The lowest BCUT2D eigenvalue weighted by molar-refractivity contribution is -0.142. The third-order valence-corrected chi connectivity index (χ3v) is 16.8. The average molecular weight is 1460 g/mol. The molecule has 12 atom stereocenters. The number of hydrogen-bond donors (Lipinski definition) is 18. The number of amides is 11. The molecule has 0 aliphatic rings. The summed E-state index contributed by atoms with van der Waals surface area (Å²) < 4.78 is 15.3. The number of carboxylic acids is 2. The van der Waals surface area contributed by atoms with Crippen molar-refractivity contribution in [1.29, 1.82) is 0 Å². The monoisotopic (exact) mass is 1450 g/mol. The maximum Gasteiger partial charge on any atom is 0.305 e. The number of hydrogen-bond acceptors (Lipinski definition) is 18. The third kappa shape index (κ3) is 25.0. The average Bonchev–Trinajstić information content (AvgIpc) is 0.964. The molecule has 11 amide bonds. The number of aliphatic carboxylic acids is 2. The predicted octanol–water partition coefficient (Wildman–Crippen LogP) is -1.96. The van der Waals surface area contributed by atoms with Crippen molar-refractivity contribution in [2.45, 2.75) is 152 Å². The number of H-pyrrole nitrogens is 1. The summed E-state index contributed by atoms with van der Waals surface area (Å²) in [5, 5.41) is 74.3. The van der Waals surface area contributed by atoms with Gasteiger partial charge in [0, 0.05) is 37.6 Å². The van der Waals surface area contributed by atoms with E-state index in [0.717, 1.165) is 59.7 Å². The van der Waals surface area contributed by atoms with Gasteiger partial charge in [0.25, 0.3) is 0 Å². The van der Waals surface area contributed by atoms with Crippen LogP contribution in [0.3, 0.4) is 0 Å². The molecule has 20 N–H and O–H groups in total. The van der Waals surface area contributed by atoms with Gasteiger partial charge in [0.05, 0.1) is 50.6 Å². The summed E-state index contributed by atoms with van der Waals surface area (Å²) in [7, 11) is 0. The van der Waals surface area contributed by atoms with Gasteiger partial charge in [-0.15, -0.1) is 0 Å². The molecule has 0 spiro atoms. The highest BCUT2D eigenvalue weighted by Gasteiger charge is 2.38. The van der Waals surface area contributed by atoms with Crippen LogP contribution < -0.4 is 64.6 Å². The van der Waals surface area contributed by atoms with E-state index in [1.807, 2.05) is 74.5 Å². The van der Waals surface area contributed by atoms with E-state index in [9.17, 15) is 87.9 Å². The van der Waals surface area contributed by atoms with Crippen LogP contribution in [0.25, 0.3) is 22.3 Å². The Balaban J connectivity index is 1.14. The van der Waals surface area contributed by atoms with Crippen molar-refractivity contribution >= 4 is 76.9 Å². The Morgan fingerprint density at radius 3 is 1.50 bits per heavy atom. The van der Waals surface area contributed by atoms with Crippen LogP contribution in [0.1, 0.15) is 74.0 Å². The number of rotatable bonds is 39. The third-order valence-electron chi connectivity index (χ3n) is 16.8. The normalized spacial score (nSPS) is 14.5. The van der Waals surface area contributed by atoms with Crippen molar-refractivity contribution in [2.75, 3.05) is 13.2 Å². The lowest BCUT2D eigenvalue weighted by atomic mass is 9.95. The summed E-state index contributed by atoms with van der Waals surface area (Å²) in [4.78, 5) is 181. The minimum Gasteiger partial charge on any atom is -0.481 e. The number of carboxylic acid groups (broad SMARTS) is 2. The molecule has 105 heavy (non-hydrogen) atoms. The molecule has 1 heterocycles. The topological polar surface area (TPSA) is 524 Å². The number of aliphatic hydroxyl groups is 3. The first kappa shape index (κ1) is 82.1. The number of aromatic amines is 1. The number of nitrogens with one attached hydrogen (secondary N) is 11. The van der Waals surface area contributed by atoms with E-state index in [1.54, 1.807) is 36.4 Å². The molecule has 560 valence electrons. The van der Waals surface area contributed by atoms with Crippen molar-refractivity contribution in [3.05, 3.63) is 173 Å². The van der Waals surface area contributed by atoms with Crippen molar-refractivity contribution in [3.8, 4) is 22.3 Å².